The number of nitrogens with zero attached hydrogens (tertiary/aromatic N) is 3. The highest BCUT2D eigenvalue weighted by molar-refractivity contribution is 5.85. The fourth-order valence-corrected chi connectivity index (χ4v) is 2.27. The Morgan fingerprint density at radius 3 is 2.22 bits per heavy atom. The van der Waals surface area contributed by atoms with Crippen molar-refractivity contribution in [2.75, 3.05) is 24.6 Å². The molecule has 1 aromatic carbocycles. The number of benzene rings is 1. The number of anilines is 1. The van der Waals surface area contributed by atoms with E-state index in [4.69, 9.17) is 10.5 Å². The second-order valence-electron chi connectivity index (χ2n) is 4.88. The molecule has 0 fully saturated rings. The first-order valence-corrected chi connectivity index (χ1v) is 7.78. The SMILES string of the molecule is CCOc1ccc(-c2cc(CN)nc(N(CC)CC)n2)cc1.Cl. The van der Waals surface area contributed by atoms with E-state index in [0.717, 1.165) is 41.7 Å². The summed E-state index contributed by atoms with van der Waals surface area (Å²) in [4.78, 5) is 11.3. The topological polar surface area (TPSA) is 64.3 Å². The molecule has 0 aliphatic carbocycles. The molecule has 0 saturated heterocycles. The summed E-state index contributed by atoms with van der Waals surface area (Å²) < 4.78 is 5.48. The van der Waals surface area contributed by atoms with Crippen LogP contribution in [0.25, 0.3) is 11.3 Å². The van der Waals surface area contributed by atoms with Crippen molar-refractivity contribution in [3.8, 4) is 17.0 Å². The van der Waals surface area contributed by atoms with Crippen LogP contribution in [0, 0.1) is 0 Å². The van der Waals surface area contributed by atoms with Crippen LogP contribution in [0.3, 0.4) is 0 Å². The summed E-state index contributed by atoms with van der Waals surface area (Å²) in [7, 11) is 0. The van der Waals surface area contributed by atoms with Crippen LogP contribution in [0.15, 0.2) is 30.3 Å². The van der Waals surface area contributed by atoms with Gasteiger partial charge in [0.15, 0.2) is 0 Å². The van der Waals surface area contributed by atoms with Crippen LogP contribution in [0.4, 0.5) is 5.95 Å². The van der Waals surface area contributed by atoms with Gasteiger partial charge in [0.1, 0.15) is 5.75 Å². The van der Waals surface area contributed by atoms with E-state index >= 15 is 0 Å². The normalized spacial score (nSPS) is 10.1. The van der Waals surface area contributed by atoms with E-state index in [1.165, 1.54) is 0 Å². The van der Waals surface area contributed by atoms with Crippen molar-refractivity contribution in [1.29, 1.82) is 0 Å². The second kappa shape index (κ2) is 9.33. The molecule has 0 spiro atoms. The van der Waals surface area contributed by atoms with Gasteiger partial charge in [-0.2, -0.15) is 0 Å². The van der Waals surface area contributed by atoms with Crippen LogP contribution >= 0.6 is 12.4 Å². The molecule has 0 aliphatic heterocycles. The largest absolute Gasteiger partial charge is 0.494 e. The summed E-state index contributed by atoms with van der Waals surface area (Å²) in [5, 5.41) is 0. The van der Waals surface area contributed by atoms with Crippen molar-refractivity contribution < 1.29 is 4.74 Å². The molecular formula is C17H25ClN4O. The van der Waals surface area contributed by atoms with Gasteiger partial charge in [-0.25, -0.2) is 9.97 Å². The number of nitrogens with two attached hydrogens (primary N) is 1. The maximum Gasteiger partial charge on any atom is 0.226 e. The Hall–Kier alpha value is -1.85. The fourth-order valence-electron chi connectivity index (χ4n) is 2.27. The Bertz CT molecular complexity index is 600. The van der Waals surface area contributed by atoms with E-state index in [2.05, 4.69) is 28.7 Å². The van der Waals surface area contributed by atoms with E-state index in [1.54, 1.807) is 0 Å². The maximum atomic E-state index is 5.78. The fraction of sp³-hybridized carbons (Fsp3) is 0.412. The van der Waals surface area contributed by atoms with E-state index in [1.807, 2.05) is 37.3 Å². The molecule has 0 radical (unpaired) electrons. The quantitative estimate of drug-likeness (QED) is 0.840. The number of hydrogen-bond donors (Lipinski definition) is 1. The molecular weight excluding hydrogens is 312 g/mol. The van der Waals surface area contributed by atoms with Gasteiger partial charge in [0.2, 0.25) is 5.95 Å². The van der Waals surface area contributed by atoms with Gasteiger partial charge in [-0.3, -0.25) is 0 Å². The highest BCUT2D eigenvalue weighted by Crippen LogP contribution is 2.23. The molecule has 2 N–H and O–H groups in total. The van der Waals surface area contributed by atoms with Gasteiger partial charge in [-0.05, 0) is 51.1 Å². The average Bonchev–Trinajstić information content (AvgIpc) is 2.56. The minimum atomic E-state index is 0. The highest BCUT2D eigenvalue weighted by atomic mass is 35.5. The molecule has 0 amide bonds. The van der Waals surface area contributed by atoms with Crippen molar-refractivity contribution in [3.05, 3.63) is 36.0 Å². The third-order valence-corrected chi connectivity index (χ3v) is 3.48. The molecule has 2 aromatic rings. The van der Waals surface area contributed by atoms with Gasteiger partial charge in [-0.1, -0.05) is 0 Å². The zero-order valence-electron chi connectivity index (χ0n) is 14.0. The molecule has 0 bridgehead atoms. The van der Waals surface area contributed by atoms with E-state index in [-0.39, 0.29) is 12.4 Å². The number of rotatable bonds is 7. The third-order valence-electron chi connectivity index (χ3n) is 3.48. The molecule has 1 heterocycles. The summed E-state index contributed by atoms with van der Waals surface area (Å²) >= 11 is 0. The van der Waals surface area contributed by atoms with Gasteiger partial charge in [0.25, 0.3) is 0 Å². The van der Waals surface area contributed by atoms with Crippen LogP contribution in [-0.2, 0) is 6.54 Å². The monoisotopic (exact) mass is 336 g/mol. The first kappa shape index (κ1) is 19.2. The van der Waals surface area contributed by atoms with Crippen molar-refractivity contribution in [2.45, 2.75) is 27.3 Å². The molecule has 0 unspecified atom stereocenters. The van der Waals surface area contributed by atoms with Crippen molar-refractivity contribution in [2.24, 2.45) is 5.73 Å². The Morgan fingerprint density at radius 2 is 1.70 bits per heavy atom. The van der Waals surface area contributed by atoms with E-state index in [0.29, 0.717) is 13.2 Å². The molecule has 126 valence electrons. The van der Waals surface area contributed by atoms with Crippen LogP contribution in [0.5, 0.6) is 5.75 Å². The smallest absolute Gasteiger partial charge is 0.226 e. The lowest BCUT2D eigenvalue weighted by Gasteiger charge is -2.20. The minimum Gasteiger partial charge on any atom is -0.494 e. The summed E-state index contributed by atoms with van der Waals surface area (Å²) in [5.74, 6) is 1.60. The van der Waals surface area contributed by atoms with Gasteiger partial charge in [0.05, 0.1) is 18.0 Å². The lowest BCUT2D eigenvalue weighted by Crippen LogP contribution is -2.25. The van der Waals surface area contributed by atoms with E-state index < -0.39 is 0 Å². The molecule has 0 aliphatic rings. The Morgan fingerprint density at radius 1 is 1.04 bits per heavy atom. The maximum absolute atomic E-state index is 5.78. The van der Waals surface area contributed by atoms with Crippen LogP contribution in [-0.4, -0.2) is 29.7 Å². The molecule has 6 heteroatoms. The lowest BCUT2D eigenvalue weighted by atomic mass is 10.1. The van der Waals surface area contributed by atoms with Gasteiger partial charge in [0, 0.05) is 25.2 Å². The molecule has 0 saturated carbocycles. The minimum absolute atomic E-state index is 0. The molecule has 1 aromatic heterocycles. The molecule has 23 heavy (non-hydrogen) atoms. The zero-order chi connectivity index (χ0) is 15.9. The van der Waals surface area contributed by atoms with E-state index in [9.17, 15) is 0 Å². The number of hydrogen-bond acceptors (Lipinski definition) is 5. The summed E-state index contributed by atoms with van der Waals surface area (Å²) in [5.41, 5.74) is 8.56. The standard InChI is InChI=1S/C17H24N4O.ClH/c1-4-21(5-2)17-19-14(12-18)11-16(20-17)13-7-9-15(10-8-13)22-6-3;/h7-11H,4-6,12,18H2,1-3H3;1H. The summed E-state index contributed by atoms with van der Waals surface area (Å²) in [6.45, 7) is 8.97. The van der Waals surface area contributed by atoms with Gasteiger partial charge in [-0.15, -0.1) is 12.4 Å². The predicted molar refractivity (Wildman–Crippen MR) is 97.3 cm³/mol. The zero-order valence-corrected chi connectivity index (χ0v) is 14.8. The predicted octanol–water partition coefficient (Wildman–Crippen LogP) is 3.27. The summed E-state index contributed by atoms with van der Waals surface area (Å²) in [6.07, 6.45) is 0. The number of aromatic nitrogens is 2. The molecule has 2 rings (SSSR count). The van der Waals surface area contributed by atoms with Gasteiger partial charge < -0.3 is 15.4 Å². The van der Waals surface area contributed by atoms with Crippen molar-refractivity contribution in [3.63, 3.8) is 0 Å². The number of ether oxygens (including phenoxy) is 1. The lowest BCUT2D eigenvalue weighted by molar-refractivity contribution is 0.340. The average molecular weight is 337 g/mol. The highest BCUT2D eigenvalue weighted by Gasteiger charge is 2.10. The first-order valence-electron chi connectivity index (χ1n) is 7.78. The van der Waals surface area contributed by atoms with Crippen LogP contribution in [0.2, 0.25) is 0 Å². The second-order valence-corrected chi connectivity index (χ2v) is 4.88. The van der Waals surface area contributed by atoms with Crippen LogP contribution in [0.1, 0.15) is 26.5 Å². The Balaban J connectivity index is 0.00000264. The molecule has 0 atom stereocenters. The van der Waals surface area contributed by atoms with Crippen LogP contribution < -0.4 is 15.4 Å². The Kier molecular flexibility index (Phi) is 7.78. The van der Waals surface area contributed by atoms with Gasteiger partial charge >= 0.3 is 0 Å². The van der Waals surface area contributed by atoms with Crippen molar-refractivity contribution >= 4 is 18.4 Å². The first-order chi connectivity index (χ1) is 10.7. The summed E-state index contributed by atoms with van der Waals surface area (Å²) in [6, 6.07) is 9.89. The molecule has 5 nitrogen and oxygen atoms in total. The van der Waals surface area contributed by atoms with Crippen molar-refractivity contribution in [1.82, 2.24) is 9.97 Å². The third kappa shape index (κ3) is 4.81. The number of halogens is 1. The Labute approximate surface area is 144 Å².